The zero-order valence-electron chi connectivity index (χ0n) is 11.2. The Kier molecular flexibility index (Phi) is 2.45. The van der Waals surface area contributed by atoms with Crippen molar-refractivity contribution in [1.82, 2.24) is 0 Å². The maximum atomic E-state index is 10.3. The first-order valence-corrected chi connectivity index (χ1v) is 6.33. The fraction of sp³-hybridized carbons (Fsp3) is 0.250. The maximum absolute atomic E-state index is 10.3. The Bertz CT molecular complexity index is 674. The fourth-order valence-electron chi connectivity index (χ4n) is 2.70. The molecule has 0 amide bonds. The molecule has 3 nitrogen and oxygen atoms in total. The molecule has 0 spiro atoms. The minimum absolute atomic E-state index is 0.0936. The number of rotatable bonds is 0. The van der Waals surface area contributed by atoms with Gasteiger partial charge in [-0.15, -0.1) is 0 Å². The van der Waals surface area contributed by atoms with Crippen LogP contribution in [0.4, 0.5) is 0 Å². The van der Waals surface area contributed by atoms with E-state index in [-0.39, 0.29) is 17.6 Å². The lowest BCUT2D eigenvalue weighted by atomic mass is 9.89. The minimum atomic E-state index is -0.0936. The largest absolute Gasteiger partial charge is 0.507 e. The first-order valence-electron chi connectivity index (χ1n) is 6.33. The predicted octanol–water partition coefficient (Wildman–Crippen LogP) is 3.84. The third-order valence-electron chi connectivity index (χ3n) is 3.83. The van der Waals surface area contributed by atoms with Gasteiger partial charge in [-0.3, -0.25) is 0 Å². The number of ether oxygens (including phenoxy) is 1. The lowest BCUT2D eigenvalue weighted by Crippen LogP contribution is -2.12. The highest BCUT2D eigenvalue weighted by Crippen LogP contribution is 2.52. The molecule has 0 fully saturated rings. The van der Waals surface area contributed by atoms with Crippen LogP contribution in [0.2, 0.25) is 0 Å². The van der Waals surface area contributed by atoms with Crippen LogP contribution in [0, 0.1) is 13.8 Å². The average molecular weight is 256 g/mol. The summed E-state index contributed by atoms with van der Waals surface area (Å²) in [5.41, 5.74) is 3.87. The van der Waals surface area contributed by atoms with Gasteiger partial charge in [0.25, 0.3) is 0 Å². The molecule has 2 aromatic carbocycles. The summed E-state index contributed by atoms with van der Waals surface area (Å²) in [6.07, 6.45) is -0.0936. The smallest absolute Gasteiger partial charge is 0.138 e. The Morgan fingerprint density at radius 3 is 2.42 bits per heavy atom. The van der Waals surface area contributed by atoms with E-state index in [0.717, 1.165) is 11.1 Å². The number of hydrogen-bond acceptors (Lipinski definition) is 3. The zero-order chi connectivity index (χ0) is 13.7. The Balaban J connectivity index is 2.42. The number of fused-ring (bicyclic) bond motifs is 3. The van der Waals surface area contributed by atoms with E-state index in [9.17, 15) is 10.2 Å². The quantitative estimate of drug-likeness (QED) is 0.753. The van der Waals surface area contributed by atoms with Crippen molar-refractivity contribution in [2.24, 2.45) is 0 Å². The van der Waals surface area contributed by atoms with Gasteiger partial charge in [-0.25, -0.2) is 0 Å². The van der Waals surface area contributed by atoms with Crippen molar-refractivity contribution in [3.05, 3.63) is 41.0 Å². The van der Waals surface area contributed by atoms with Gasteiger partial charge in [0, 0.05) is 16.7 Å². The molecule has 0 saturated carbocycles. The lowest BCUT2D eigenvalue weighted by Gasteiger charge is -2.29. The van der Waals surface area contributed by atoms with E-state index in [1.54, 1.807) is 13.8 Å². The second-order valence-electron chi connectivity index (χ2n) is 5.00. The van der Waals surface area contributed by atoms with E-state index in [1.807, 2.05) is 31.2 Å². The van der Waals surface area contributed by atoms with Gasteiger partial charge < -0.3 is 14.9 Å². The van der Waals surface area contributed by atoms with Gasteiger partial charge in [0.15, 0.2) is 0 Å². The van der Waals surface area contributed by atoms with Gasteiger partial charge in [-0.05, 0) is 26.3 Å². The topological polar surface area (TPSA) is 49.7 Å². The summed E-state index contributed by atoms with van der Waals surface area (Å²) in [6.45, 7) is 5.48. The SMILES string of the molecule is Cc1c(O)c(C)c2c(c1O)-c1ccccc1C(C)O2. The van der Waals surface area contributed by atoms with Gasteiger partial charge in [-0.2, -0.15) is 0 Å². The monoisotopic (exact) mass is 256 g/mol. The molecule has 0 aromatic heterocycles. The van der Waals surface area contributed by atoms with Crippen LogP contribution in [-0.2, 0) is 0 Å². The molecular formula is C16H16O3. The number of phenols is 2. The van der Waals surface area contributed by atoms with Crippen molar-refractivity contribution >= 4 is 0 Å². The van der Waals surface area contributed by atoms with E-state index in [0.29, 0.717) is 22.4 Å². The number of hydrogen-bond donors (Lipinski definition) is 2. The number of phenolic OH excluding ortho intramolecular Hbond substituents is 2. The summed E-state index contributed by atoms with van der Waals surface area (Å²) in [5.74, 6) is 0.770. The first kappa shape index (κ1) is 11.9. The highest BCUT2D eigenvalue weighted by atomic mass is 16.5. The predicted molar refractivity (Wildman–Crippen MR) is 73.7 cm³/mol. The fourth-order valence-corrected chi connectivity index (χ4v) is 2.70. The molecule has 3 rings (SSSR count). The molecule has 3 heteroatoms. The lowest BCUT2D eigenvalue weighted by molar-refractivity contribution is 0.219. The van der Waals surface area contributed by atoms with E-state index >= 15 is 0 Å². The van der Waals surface area contributed by atoms with Crippen LogP contribution in [0.1, 0.15) is 29.7 Å². The average Bonchev–Trinajstić information content (AvgIpc) is 2.43. The summed E-state index contributed by atoms with van der Waals surface area (Å²) in [6, 6.07) is 7.88. The Hall–Kier alpha value is -2.16. The van der Waals surface area contributed by atoms with Gasteiger partial charge in [0.2, 0.25) is 0 Å². The normalized spacial score (nSPS) is 16.5. The Morgan fingerprint density at radius 1 is 1.00 bits per heavy atom. The van der Waals surface area contributed by atoms with Crippen molar-refractivity contribution in [3.63, 3.8) is 0 Å². The molecule has 1 unspecified atom stereocenters. The minimum Gasteiger partial charge on any atom is -0.507 e. The molecule has 1 heterocycles. The summed E-state index contributed by atoms with van der Waals surface area (Å²) in [4.78, 5) is 0. The molecular weight excluding hydrogens is 240 g/mol. The van der Waals surface area contributed by atoms with Crippen LogP contribution >= 0.6 is 0 Å². The Labute approximate surface area is 112 Å². The highest BCUT2D eigenvalue weighted by molar-refractivity contribution is 5.85. The van der Waals surface area contributed by atoms with Gasteiger partial charge in [-0.1, -0.05) is 24.3 Å². The van der Waals surface area contributed by atoms with Crippen molar-refractivity contribution in [1.29, 1.82) is 0 Å². The van der Waals surface area contributed by atoms with Crippen LogP contribution in [0.3, 0.4) is 0 Å². The van der Waals surface area contributed by atoms with Crippen molar-refractivity contribution in [3.8, 4) is 28.4 Å². The third kappa shape index (κ3) is 1.51. The second-order valence-corrected chi connectivity index (χ2v) is 5.00. The van der Waals surface area contributed by atoms with Gasteiger partial charge in [0.1, 0.15) is 23.4 Å². The molecule has 1 atom stereocenters. The summed E-state index contributed by atoms with van der Waals surface area (Å²) >= 11 is 0. The molecule has 1 aliphatic rings. The van der Waals surface area contributed by atoms with Crippen LogP contribution in [-0.4, -0.2) is 10.2 Å². The standard InChI is InChI=1S/C16H16O3/c1-8-14(17)9(2)16-13(15(8)18)12-7-5-4-6-11(12)10(3)19-16/h4-7,10,17-18H,1-3H3. The van der Waals surface area contributed by atoms with Crippen LogP contribution in [0.25, 0.3) is 11.1 Å². The second kappa shape index (κ2) is 3.92. The van der Waals surface area contributed by atoms with Gasteiger partial charge >= 0.3 is 0 Å². The molecule has 2 aromatic rings. The van der Waals surface area contributed by atoms with E-state index < -0.39 is 0 Å². The molecule has 2 N–H and O–H groups in total. The van der Waals surface area contributed by atoms with E-state index in [1.165, 1.54) is 0 Å². The van der Waals surface area contributed by atoms with Crippen molar-refractivity contribution in [2.45, 2.75) is 26.9 Å². The third-order valence-corrected chi connectivity index (χ3v) is 3.83. The highest BCUT2D eigenvalue weighted by Gasteiger charge is 2.29. The summed E-state index contributed by atoms with van der Waals surface area (Å²) in [5, 5.41) is 20.4. The van der Waals surface area contributed by atoms with Crippen molar-refractivity contribution in [2.75, 3.05) is 0 Å². The maximum Gasteiger partial charge on any atom is 0.138 e. The molecule has 0 bridgehead atoms. The van der Waals surface area contributed by atoms with Crippen LogP contribution in [0.15, 0.2) is 24.3 Å². The number of benzene rings is 2. The number of aromatic hydroxyl groups is 2. The molecule has 98 valence electrons. The summed E-state index contributed by atoms with van der Waals surface area (Å²) < 4.78 is 5.89. The molecule has 0 saturated heterocycles. The Morgan fingerprint density at radius 2 is 1.68 bits per heavy atom. The zero-order valence-corrected chi connectivity index (χ0v) is 11.2. The van der Waals surface area contributed by atoms with Crippen LogP contribution in [0.5, 0.6) is 17.2 Å². The van der Waals surface area contributed by atoms with E-state index in [2.05, 4.69) is 0 Å². The summed E-state index contributed by atoms with van der Waals surface area (Å²) in [7, 11) is 0. The van der Waals surface area contributed by atoms with Crippen LogP contribution < -0.4 is 4.74 Å². The molecule has 1 aliphatic heterocycles. The van der Waals surface area contributed by atoms with E-state index in [4.69, 9.17) is 4.74 Å². The van der Waals surface area contributed by atoms with Gasteiger partial charge in [0.05, 0.1) is 5.56 Å². The van der Waals surface area contributed by atoms with Crippen molar-refractivity contribution < 1.29 is 14.9 Å². The molecule has 19 heavy (non-hydrogen) atoms. The first-order chi connectivity index (χ1) is 9.02. The molecule has 0 radical (unpaired) electrons. The molecule has 0 aliphatic carbocycles.